The van der Waals surface area contributed by atoms with Gasteiger partial charge in [0.05, 0.1) is 4.34 Å². The SMILES string of the molecule is NC1C=CC(C(=O)Cc2ccc(Cl)s2)C1. The largest absolute Gasteiger partial charge is 0.324 e. The molecule has 1 aliphatic rings. The van der Waals surface area contributed by atoms with Gasteiger partial charge in [-0.2, -0.15) is 0 Å². The van der Waals surface area contributed by atoms with Gasteiger partial charge in [0.15, 0.2) is 0 Å². The quantitative estimate of drug-likeness (QED) is 0.826. The van der Waals surface area contributed by atoms with Crippen LogP contribution < -0.4 is 5.73 Å². The average molecular weight is 242 g/mol. The van der Waals surface area contributed by atoms with Crippen LogP contribution in [-0.2, 0) is 11.2 Å². The van der Waals surface area contributed by atoms with E-state index in [4.69, 9.17) is 17.3 Å². The van der Waals surface area contributed by atoms with Crippen molar-refractivity contribution in [3.8, 4) is 0 Å². The van der Waals surface area contributed by atoms with Gasteiger partial charge in [0.25, 0.3) is 0 Å². The molecule has 2 unspecified atom stereocenters. The van der Waals surface area contributed by atoms with Crippen LogP contribution in [0.15, 0.2) is 24.3 Å². The van der Waals surface area contributed by atoms with E-state index in [1.165, 1.54) is 11.3 Å². The van der Waals surface area contributed by atoms with Crippen LogP contribution in [0.4, 0.5) is 0 Å². The number of hydrogen-bond acceptors (Lipinski definition) is 3. The van der Waals surface area contributed by atoms with Gasteiger partial charge >= 0.3 is 0 Å². The Hall–Kier alpha value is -0.640. The lowest BCUT2D eigenvalue weighted by Crippen LogP contribution is -2.19. The van der Waals surface area contributed by atoms with Crippen molar-refractivity contribution in [2.45, 2.75) is 18.9 Å². The highest BCUT2D eigenvalue weighted by atomic mass is 35.5. The van der Waals surface area contributed by atoms with E-state index in [9.17, 15) is 4.79 Å². The van der Waals surface area contributed by atoms with Crippen LogP contribution in [0.25, 0.3) is 0 Å². The van der Waals surface area contributed by atoms with Gasteiger partial charge in [-0.15, -0.1) is 11.3 Å². The van der Waals surface area contributed by atoms with E-state index < -0.39 is 0 Å². The average Bonchev–Trinajstić information content (AvgIpc) is 2.75. The monoisotopic (exact) mass is 241 g/mol. The molecule has 1 aliphatic carbocycles. The molecule has 0 aromatic carbocycles. The Morgan fingerprint density at radius 1 is 1.53 bits per heavy atom. The highest BCUT2D eigenvalue weighted by Crippen LogP contribution is 2.25. The van der Waals surface area contributed by atoms with Crippen molar-refractivity contribution < 1.29 is 4.79 Å². The Bertz CT molecular complexity index is 399. The van der Waals surface area contributed by atoms with Gasteiger partial charge in [-0.3, -0.25) is 4.79 Å². The molecule has 2 nitrogen and oxygen atoms in total. The predicted molar refractivity (Wildman–Crippen MR) is 63.3 cm³/mol. The van der Waals surface area contributed by atoms with Crippen molar-refractivity contribution in [3.05, 3.63) is 33.5 Å². The maximum Gasteiger partial charge on any atom is 0.144 e. The van der Waals surface area contributed by atoms with Gasteiger partial charge in [0.1, 0.15) is 5.78 Å². The topological polar surface area (TPSA) is 43.1 Å². The third-order valence-electron chi connectivity index (χ3n) is 2.51. The zero-order chi connectivity index (χ0) is 10.8. The molecule has 0 radical (unpaired) electrons. The number of thiophene rings is 1. The minimum atomic E-state index is 0.000811. The van der Waals surface area contributed by atoms with Gasteiger partial charge in [-0.1, -0.05) is 23.8 Å². The van der Waals surface area contributed by atoms with Gasteiger partial charge < -0.3 is 5.73 Å². The number of Topliss-reactive ketones (excluding diaryl/α,β-unsaturated/α-hetero) is 1. The van der Waals surface area contributed by atoms with Gasteiger partial charge in [0.2, 0.25) is 0 Å². The van der Waals surface area contributed by atoms with Crippen molar-refractivity contribution in [1.82, 2.24) is 0 Å². The molecule has 0 saturated carbocycles. The third-order valence-corrected chi connectivity index (χ3v) is 3.74. The highest BCUT2D eigenvalue weighted by molar-refractivity contribution is 7.16. The van der Waals surface area contributed by atoms with Crippen molar-refractivity contribution in [1.29, 1.82) is 0 Å². The van der Waals surface area contributed by atoms with Crippen LogP contribution in [0, 0.1) is 5.92 Å². The molecule has 0 amide bonds. The fourth-order valence-corrected chi connectivity index (χ4v) is 2.81. The van der Waals surface area contributed by atoms with Crippen LogP contribution in [0.1, 0.15) is 11.3 Å². The number of halogens is 1. The number of nitrogens with two attached hydrogens (primary N) is 1. The first kappa shape index (κ1) is 10.9. The summed E-state index contributed by atoms with van der Waals surface area (Å²) >= 11 is 7.26. The first-order valence-corrected chi connectivity index (χ1v) is 6.05. The molecule has 1 aromatic rings. The zero-order valence-electron chi connectivity index (χ0n) is 8.15. The molecule has 4 heteroatoms. The second-order valence-electron chi connectivity index (χ2n) is 3.74. The summed E-state index contributed by atoms with van der Waals surface area (Å²) < 4.78 is 0.733. The minimum Gasteiger partial charge on any atom is -0.324 e. The molecule has 1 aromatic heterocycles. The summed E-state index contributed by atoms with van der Waals surface area (Å²) in [5, 5.41) is 0. The van der Waals surface area contributed by atoms with Gasteiger partial charge in [-0.25, -0.2) is 0 Å². The van der Waals surface area contributed by atoms with E-state index in [2.05, 4.69) is 0 Å². The number of allylic oxidation sites excluding steroid dienone is 1. The Kier molecular flexibility index (Phi) is 3.24. The molecular weight excluding hydrogens is 230 g/mol. The predicted octanol–water partition coefficient (Wildman–Crippen LogP) is 2.42. The number of carbonyl (C=O) groups excluding carboxylic acids is 1. The van der Waals surface area contributed by atoms with E-state index in [1.54, 1.807) is 0 Å². The minimum absolute atomic E-state index is 0.000811. The lowest BCUT2D eigenvalue weighted by atomic mass is 10.00. The fourth-order valence-electron chi connectivity index (χ4n) is 1.72. The summed E-state index contributed by atoms with van der Waals surface area (Å²) in [6, 6.07) is 3.78. The van der Waals surface area contributed by atoms with Crippen LogP contribution in [0.3, 0.4) is 0 Å². The van der Waals surface area contributed by atoms with Crippen LogP contribution >= 0.6 is 22.9 Å². The molecule has 0 fully saturated rings. The Morgan fingerprint density at radius 2 is 2.33 bits per heavy atom. The summed E-state index contributed by atoms with van der Waals surface area (Å²) in [4.78, 5) is 12.9. The molecule has 2 atom stereocenters. The van der Waals surface area contributed by atoms with Crippen molar-refractivity contribution in [2.24, 2.45) is 11.7 Å². The molecule has 2 N–H and O–H groups in total. The summed E-state index contributed by atoms with van der Waals surface area (Å²) in [5.41, 5.74) is 5.70. The first-order valence-electron chi connectivity index (χ1n) is 4.86. The van der Waals surface area contributed by atoms with Crippen molar-refractivity contribution >= 4 is 28.7 Å². The lowest BCUT2D eigenvalue weighted by Gasteiger charge is -2.06. The summed E-state index contributed by atoms with van der Waals surface area (Å²) in [6.07, 6.45) is 5.04. The smallest absolute Gasteiger partial charge is 0.144 e. The molecule has 0 bridgehead atoms. The molecule has 80 valence electrons. The summed E-state index contributed by atoms with van der Waals surface area (Å²) in [6.45, 7) is 0. The highest BCUT2D eigenvalue weighted by Gasteiger charge is 2.22. The van der Waals surface area contributed by atoms with Crippen molar-refractivity contribution in [3.63, 3.8) is 0 Å². The normalized spacial score (nSPS) is 24.7. The number of hydrogen-bond donors (Lipinski definition) is 1. The lowest BCUT2D eigenvalue weighted by molar-refractivity contribution is -0.120. The standard InChI is InChI=1S/C11H12ClNOS/c12-11-4-3-9(15-11)6-10(14)7-1-2-8(13)5-7/h1-4,7-8H,5-6,13H2. The molecule has 0 aliphatic heterocycles. The molecule has 2 rings (SSSR count). The first-order chi connectivity index (χ1) is 7.15. The van der Waals surface area contributed by atoms with E-state index >= 15 is 0 Å². The van der Waals surface area contributed by atoms with Crippen LogP contribution in [0.5, 0.6) is 0 Å². The Labute approximate surface area is 97.7 Å². The molecular formula is C11H12ClNOS. The molecule has 15 heavy (non-hydrogen) atoms. The maximum atomic E-state index is 11.8. The van der Waals surface area contributed by atoms with E-state index in [-0.39, 0.29) is 17.7 Å². The maximum absolute atomic E-state index is 11.8. The zero-order valence-corrected chi connectivity index (χ0v) is 9.72. The van der Waals surface area contributed by atoms with E-state index in [0.29, 0.717) is 6.42 Å². The molecule has 0 spiro atoms. The van der Waals surface area contributed by atoms with E-state index in [0.717, 1.165) is 15.6 Å². The summed E-state index contributed by atoms with van der Waals surface area (Å²) in [7, 11) is 0. The molecule has 1 heterocycles. The number of rotatable bonds is 3. The second-order valence-corrected chi connectivity index (χ2v) is 5.54. The fraction of sp³-hybridized carbons (Fsp3) is 0.364. The second kappa shape index (κ2) is 4.47. The van der Waals surface area contributed by atoms with Crippen LogP contribution in [0.2, 0.25) is 4.34 Å². The molecule has 0 saturated heterocycles. The van der Waals surface area contributed by atoms with E-state index in [1.807, 2.05) is 24.3 Å². The number of ketones is 1. The van der Waals surface area contributed by atoms with Gasteiger partial charge in [-0.05, 0) is 18.6 Å². The Morgan fingerprint density at radius 3 is 2.87 bits per heavy atom. The number of carbonyl (C=O) groups is 1. The van der Waals surface area contributed by atoms with Crippen molar-refractivity contribution in [2.75, 3.05) is 0 Å². The summed E-state index contributed by atoms with van der Waals surface area (Å²) in [5.74, 6) is 0.235. The Balaban J connectivity index is 1.96. The van der Waals surface area contributed by atoms with Crippen LogP contribution in [-0.4, -0.2) is 11.8 Å². The third kappa shape index (κ3) is 2.68. The van der Waals surface area contributed by atoms with Gasteiger partial charge in [0, 0.05) is 23.3 Å².